The topological polar surface area (TPSA) is 90.0 Å². The van der Waals surface area contributed by atoms with Crippen LogP contribution in [0.5, 0.6) is 0 Å². The first-order chi connectivity index (χ1) is 12.7. The van der Waals surface area contributed by atoms with Gasteiger partial charge >= 0.3 is 6.18 Å². The van der Waals surface area contributed by atoms with Gasteiger partial charge in [-0.05, 0) is 37.3 Å². The first-order valence-electron chi connectivity index (χ1n) is 7.89. The third kappa shape index (κ3) is 3.76. The van der Waals surface area contributed by atoms with Gasteiger partial charge < -0.3 is 11.1 Å². The van der Waals surface area contributed by atoms with Gasteiger partial charge in [-0.1, -0.05) is 12.1 Å². The lowest BCUT2D eigenvalue weighted by molar-refractivity contribution is -0.137. The number of aryl methyl sites for hydroxylation is 1. The number of para-hydroxylation sites is 1. The van der Waals surface area contributed by atoms with Gasteiger partial charge in [0.05, 0.1) is 22.2 Å². The Balaban J connectivity index is 1.93. The highest BCUT2D eigenvalue weighted by Gasteiger charge is 2.33. The molecule has 6 nitrogen and oxygen atoms in total. The van der Waals surface area contributed by atoms with E-state index >= 15 is 0 Å². The first kappa shape index (κ1) is 18.4. The zero-order chi connectivity index (χ0) is 19.8. The third-order valence-corrected chi connectivity index (χ3v) is 3.98. The van der Waals surface area contributed by atoms with Crippen LogP contribution in [0.3, 0.4) is 0 Å². The molecule has 3 aromatic rings. The largest absolute Gasteiger partial charge is 0.418 e. The number of anilines is 2. The summed E-state index contributed by atoms with van der Waals surface area (Å²) in [6.45, 7) is 1.06. The van der Waals surface area contributed by atoms with Crippen LogP contribution in [0.2, 0.25) is 0 Å². The molecule has 3 N–H and O–H groups in total. The van der Waals surface area contributed by atoms with Crippen molar-refractivity contribution < 1.29 is 18.0 Å². The van der Waals surface area contributed by atoms with Crippen LogP contribution in [-0.2, 0) is 17.5 Å². The number of benzene rings is 2. The minimum atomic E-state index is -4.61. The van der Waals surface area contributed by atoms with Gasteiger partial charge in [0.25, 0.3) is 5.56 Å². The van der Waals surface area contributed by atoms with Crippen molar-refractivity contribution in [3.63, 3.8) is 0 Å². The number of fused-ring (bicyclic) bond motifs is 1. The molecule has 0 aliphatic rings. The number of nitrogens with zero attached hydrogens (tertiary/aromatic N) is 2. The van der Waals surface area contributed by atoms with Crippen molar-refractivity contribution in [3.05, 3.63) is 64.2 Å². The van der Waals surface area contributed by atoms with Gasteiger partial charge in [0.1, 0.15) is 12.4 Å². The van der Waals surface area contributed by atoms with Crippen molar-refractivity contribution >= 4 is 28.2 Å². The van der Waals surface area contributed by atoms with Crippen molar-refractivity contribution in [2.45, 2.75) is 19.6 Å². The van der Waals surface area contributed by atoms with Crippen LogP contribution in [0.4, 0.5) is 24.5 Å². The SMILES string of the molecule is Cc1nc2ccc(N)cc2c(=O)n1CC(=O)Nc1ccccc1C(F)(F)F. The summed E-state index contributed by atoms with van der Waals surface area (Å²) in [5.41, 5.74) is 4.63. The third-order valence-electron chi connectivity index (χ3n) is 3.98. The fraction of sp³-hybridized carbons (Fsp3) is 0.167. The van der Waals surface area contributed by atoms with Gasteiger partial charge in [0, 0.05) is 5.69 Å². The first-order valence-corrected chi connectivity index (χ1v) is 7.89. The van der Waals surface area contributed by atoms with Crippen LogP contribution in [0.15, 0.2) is 47.3 Å². The molecule has 0 bridgehead atoms. The molecule has 3 rings (SSSR count). The molecule has 0 aliphatic heterocycles. The second kappa shape index (κ2) is 6.75. The number of nitrogens with one attached hydrogen (secondary N) is 1. The monoisotopic (exact) mass is 376 g/mol. The zero-order valence-electron chi connectivity index (χ0n) is 14.2. The average Bonchev–Trinajstić information content (AvgIpc) is 2.59. The summed E-state index contributed by atoms with van der Waals surface area (Å²) in [6, 6.07) is 9.25. The molecule has 0 aliphatic carbocycles. The Labute approximate surface area is 151 Å². The van der Waals surface area contributed by atoms with E-state index in [2.05, 4.69) is 10.3 Å². The van der Waals surface area contributed by atoms with Crippen molar-refractivity contribution in [1.82, 2.24) is 9.55 Å². The standard InChI is InChI=1S/C18H15F3N4O2/c1-10-23-14-7-6-11(22)8-12(14)17(27)25(10)9-16(26)24-15-5-3-2-4-13(15)18(19,20)21/h2-8H,9,22H2,1H3,(H,24,26). The number of alkyl halides is 3. The number of amides is 1. The molecule has 0 fully saturated rings. The molecule has 27 heavy (non-hydrogen) atoms. The van der Waals surface area contributed by atoms with E-state index in [0.29, 0.717) is 11.2 Å². The molecule has 0 saturated carbocycles. The molecule has 0 atom stereocenters. The maximum absolute atomic E-state index is 13.0. The number of aromatic nitrogens is 2. The van der Waals surface area contributed by atoms with Crippen molar-refractivity contribution in [2.75, 3.05) is 11.1 Å². The molecule has 1 aromatic heterocycles. The van der Waals surface area contributed by atoms with Gasteiger partial charge in [-0.25, -0.2) is 4.98 Å². The molecule has 9 heteroatoms. The molecular formula is C18H15F3N4O2. The van der Waals surface area contributed by atoms with E-state index < -0.39 is 29.8 Å². The summed E-state index contributed by atoms with van der Waals surface area (Å²) in [6.07, 6.45) is -4.61. The number of hydrogen-bond acceptors (Lipinski definition) is 4. The van der Waals surface area contributed by atoms with Crippen molar-refractivity contribution in [1.29, 1.82) is 0 Å². The van der Waals surface area contributed by atoms with E-state index in [1.54, 1.807) is 12.1 Å². The quantitative estimate of drug-likeness (QED) is 0.688. The highest BCUT2D eigenvalue weighted by atomic mass is 19.4. The maximum Gasteiger partial charge on any atom is 0.418 e. The summed E-state index contributed by atoms with van der Waals surface area (Å²) >= 11 is 0. The van der Waals surface area contributed by atoms with Gasteiger partial charge in [-0.2, -0.15) is 13.2 Å². The van der Waals surface area contributed by atoms with Crippen LogP contribution >= 0.6 is 0 Å². The molecule has 0 saturated heterocycles. The molecule has 0 spiro atoms. The van der Waals surface area contributed by atoms with Crippen molar-refractivity contribution in [3.8, 4) is 0 Å². The number of nitrogens with two attached hydrogens (primary N) is 1. The average molecular weight is 376 g/mol. The summed E-state index contributed by atoms with van der Waals surface area (Å²) in [5.74, 6) is -0.515. The van der Waals surface area contributed by atoms with E-state index in [-0.39, 0.29) is 16.9 Å². The van der Waals surface area contributed by atoms with E-state index in [1.807, 2.05) is 0 Å². The Morgan fingerprint density at radius 2 is 1.93 bits per heavy atom. The summed E-state index contributed by atoms with van der Waals surface area (Å²) in [5, 5.41) is 2.43. The Kier molecular flexibility index (Phi) is 4.61. The fourth-order valence-electron chi connectivity index (χ4n) is 2.71. The molecule has 1 amide bonds. The minimum Gasteiger partial charge on any atom is -0.399 e. The highest BCUT2D eigenvalue weighted by Crippen LogP contribution is 2.34. The van der Waals surface area contributed by atoms with Crippen molar-refractivity contribution in [2.24, 2.45) is 0 Å². The molecule has 0 unspecified atom stereocenters. The second-order valence-electron chi connectivity index (χ2n) is 5.92. The Bertz CT molecular complexity index is 1090. The number of carbonyl (C=O) groups is 1. The summed E-state index contributed by atoms with van der Waals surface area (Å²) in [4.78, 5) is 29.1. The zero-order valence-corrected chi connectivity index (χ0v) is 14.2. The van der Waals surface area contributed by atoms with Gasteiger partial charge in [-0.15, -0.1) is 0 Å². The molecule has 140 valence electrons. The summed E-state index contributed by atoms with van der Waals surface area (Å²) < 4.78 is 40.2. The Hall–Kier alpha value is -3.36. The lowest BCUT2D eigenvalue weighted by atomic mass is 10.1. The minimum absolute atomic E-state index is 0.226. The van der Waals surface area contributed by atoms with E-state index in [0.717, 1.165) is 16.7 Å². The number of halogens is 3. The van der Waals surface area contributed by atoms with Crippen LogP contribution in [-0.4, -0.2) is 15.5 Å². The maximum atomic E-state index is 13.0. The second-order valence-corrected chi connectivity index (χ2v) is 5.92. The van der Waals surface area contributed by atoms with Crippen LogP contribution in [0.25, 0.3) is 10.9 Å². The predicted octanol–water partition coefficient (Wildman–Crippen LogP) is 2.94. The highest BCUT2D eigenvalue weighted by molar-refractivity contribution is 5.91. The number of nitrogen functional groups attached to an aromatic ring is 1. The predicted molar refractivity (Wildman–Crippen MR) is 95.2 cm³/mol. The van der Waals surface area contributed by atoms with Crippen LogP contribution < -0.4 is 16.6 Å². The molecular weight excluding hydrogens is 361 g/mol. The van der Waals surface area contributed by atoms with Crippen LogP contribution in [0.1, 0.15) is 11.4 Å². The Morgan fingerprint density at radius 1 is 1.22 bits per heavy atom. The number of carbonyl (C=O) groups excluding carboxylic acids is 1. The number of hydrogen-bond donors (Lipinski definition) is 2. The molecule has 2 aromatic carbocycles. The Morgan fingerprint density at radius 3 is 2.63 bits per heavy atom. The summed E-state index contributed by atoms with van der Waals surface area (Å²) in [7, 11) is 0. The van der Waals surface area contributed by atoms with Gasteiger partial charge in [-0.3, -0.25) is 14.2 Å². The van der Waals surface area contributed by atoms with Crippen LogP contribution in [0, 0.1) is 6.92 Å². The smallest absolute Gasteiger partial charge is 0.399 e. The molecule has 1 heterocycles. The van der Waals surface area contributed by atoms with Gasteiger partial charge in [0.15, 0.2) is 0 Å². The fourth-order valence-corrected chi connectivity index (χ4v) is 2.71. The van der Waals surface area contributed by atoms with E-state index in [4.69, 9.17) is 5.73 Å². The van der Waals surface area contributed by atoms with Gasteiger partial charge in [0.2, 0.25) is 5.91 Å². The molecule has 0 radical (unpaired) electrons. The van der Waals surface area contributed by atoms with E-state index in [9.17, 15) is 22.8 Å². The normalized spacial score (nSPS) is 11.6. The lowest BCUT2D eigenvalue weighted by Crippen LogP contribution is -2.30. The number of rotatable bonds is 3. The van der Waals surface area contributed by atoms with E-state index in [1.165, 1.54) is 25.1 Å². The lowest BCUT2D eigenvalue weighted by Gasteiger charge is -2.15.